The number of esters is 1. The van der Waals surface area contributed by atoms with Crippen LogP contribution in [0.4, 0.5) is 4.39 Å². The van der Waals surface area contributed by atoms with Gasteiger partial charge in [-0.3, -0.25) is 4.79 Å². The van der Waals surface area contributed by atoms with Gasteiger partial charge in [0.05, 0.1) is 5.56 Å². The lowest BCUT2D eigenvalue weighted by Crippen LogP contribution is -2.36. The van der Waals surface area contributed by atoms with E-state index in [4.69, 9.17) is 4.74 Å². The zero-order valence-electron chi connectivity index (χ0n) is 10.7. The van der Waals surface area contributed by atoms with E-state index in [2.05, 4.69) is 21.2 Å². The first-order valence-electron chi connectivity index (χ1n) is 5.89. The Morgan fingerprint density at radius 1 is 1.47 bits per heavy atom. The summed E-state index contributed by atoms with van der Waals surface area (Å²) in [6, 6.07) is 3.94. The Labute approximate surface area is 119 Å². The number of hydrogen-bond acceptors (Lipinski definition) is 3. The van der Waals surface area contributed by atoms with E-state index in [1.165, 1.54) is 19.1 Å². The maximum absolute atomic E-state index is 13.5. The van der Waals surface area contributed by atoms with E-state index in [0.29, 0.717) is 11.0 Å². The Hall–Kier alpha value is -1.43. The van der Waals surface area contributed by atoms with Crippen LogP contribution in [0.15, 0.2) is 22.7 Å². The molecule has 104 valence electrons. The van der Waals surface area contributed by atoms with Crippen LogP contribution in [0, 0.1) is 5.82 Å². The summed E-state index contributed by atoms with van der Waals surface area (Å²) >= 11 is 3.14. The van der Waals surface area contributed by atoms with E-state index in [0.717, 1.165) is 12.5 Å². The van der Waals surface area contributed by atoms with Crippen LogP contribution in [0.1, 0.15) is 30.6 Å². The van der Waals surface area contributed by atoms with Crippen LogP contribution in [0.3, 0.4) is 0 Å². The van der Waals surface area contributed by atoms with Crippen LogP contribution in [0.2, 0.25) is 0 Å². The number of amides is 1. The predicted molar refractivity (Wildman–Crippen MR) is 72.3 cm³/mol. The molecule has 1 amide bonds. The van der Waals surface area contributed by atoms with E-state index in [-0.39, 0.29) is 5.56 Å². The van der Waals surface area contributed by atoms with Gasteiger partial charge in [-0.1, -0.05) is 22.9 Å². The van der Waals surface area contributed by atoms with Gasteiger partial charge in [-0.15, -0.1) is 0 Å². The Morgan fingerprint density at radius 3 is 2.79 bits per heavy atom. The van der Waals surface area contributed by atoms with Gasteiger partial charge in [0.2, 0.25) is 0 Å². The number of carbonyl (C=O) groups is 2. The van der Waals surface area contributed by atoms with E-state index in [1.807, 2.05) is 6.92 Å². The summed E-state index contributed by atoms with van der Waals surface area (Å²) in [6.45, 7) is 3.86. The Balaban J connectivity index is 2.68. The van der Waals surface area contributed by atoms with Crippen LogP contribution >= 0.6 is 15.9 Å². The lowest BCUT2D eigenvalue weighted by molar-refractivity contribution is -0.129. The summed E-state index contributed by atoms with van der Waals surface area (Å²) in [5.74, 6) is -1.95. The molecule has 6 heteroatoms. The summed E-state index contributed by atoms with van der Waals surface area (Å²) in [5.41, 5.74) is -0.204. The molecule has 1 atom stereocenters. The predicted octanol–water partition coefficient (Wildman–Crippen LogP) is 2.66. The van der Waals surface area contributed by atoms with E-state index in [1.54, 1.807) is 0 Å². The molecule has 0 fully saturated rings. The Bertz CT molecular complexity index is 479. The highest BCUT2D eigenvalue weighted by molar-refractivity contribution is 9.10. The molecular weight excluding hydrogens is 317 g/mol. The molecule has 0 aliphatic rings. The molecule has 0 bridgehead atoms. The second-order valence-corrected chi connectivity index (χ2v) is 4.88. The molecule has 0 spiro atoms. The van der Waals surface area contributed by atoms with Crippen molar-refractivity contribution < 1.29 is 18.7 Å². The van der Waals surface area contributed by atoms with E-state index < -0.39 is 23.8 Å². The number of hydrogen-bond donors (Lipinski definition) is 1. The topological polar surface area (TPSA) is 55.4 Å². The summed E-state index contributed by atoms with van der Waals surface area (Å²) in [4.78, 5) is 23.3. The molecule has 1 N–H and O–H groups in total. The Kier molecular flexibility index (Phi) is 5.95. The first kappa shape index (κ1) is 15.6. The molecule has 0 saturated heterocycles. The maximum atomic E-state index is 13.5. The fourth-order valence-corrected chi connectivity index (χ4v) is 1.68. The van der Waals surface area contributed by atoms with Crippen LogP contribution in [-0.4, -0.2) is 24.5 Å². The zero-order valence-corrected chi connectivity index (χ0v) is 12.3. The first-order chi connectivity index (χ1) is 8.95. The molecule has 1 aromatic rings. The number of nitrogens with one attached hydrogen (secondary N) is 1. The summed E-state index contributed by atoms with van der Waals surface area (Å²) in [7, 11) is 0. The maximum Gasteiger partial charge on any atom is 0.341 e. The van der Waals surface area contributed by atoms with Crippen LogP contribution in [0.5, 0.6) is 0 Å². The fraction of sp³-hybridized carbons (Fsp3) is 0.385. The van der Waals surface area contributed by atoms with Crippen LogP contribution in [-0.2, 0) is 9.53 Å². The lowest BCUT2D eigenvalue weighted by Gasteiger charge is -2.13. The molecule has 0 aliphatic carbocycles. The molecule has 0 aromatic heterocycles. The minimum atomic E-state index is -0.961. The summed E-state index contributed by atoms with van der Waals surface area (Å²) in [6.07, 6.45) is -0.176. The summed E-state index contributed by atoms with van der Waals surface area (Å²) < 4.78 is 18.9. The molecule has 4 nitrogen and oxygen atoms in total. The molecular formula is C13H15BrFNO3. The second-order valence-electron chi connectivity index (χ2n) is 3.96. The first-order valence-corrected chi connectivity index (χ1v) is 6.68. The third-order valence-electron chi connectivity index (χ3n) is 2.35. The third-order valence-corrected chi connectivity index (χ3v) is 2.84. The van der Waals surface area contributed by atoms with Gasteiger partial charge in [-0.2, -0.15) is 0 Å². The third kappa shape index (κ3) is 4.63. The van der Waals surface area contributed by atoms with Crippen molar-refractivity contribution in [2.45, 2.75) is 26.4 Å². The highest BCUT2D eigenvalue weighted by Crippen LogP contribution is 2.17. The van der Waals surface area contributed by atoms with Gasteiger partial charge in [-0.25, -0.2) is 9.18 Å². The minimum absolute atomic E-state index is 0.204. The molecule has 0 aliphatic heterocycles. The molecule has 1 rings (SSSR count). The van der Waals surface area contributed by atoms with Gasteiger partial charge in [-0.05, 0) is 31.5 Å². The highest BCUT2D eigenvalue weighted by Gasteiger charge is 2.20. The molecule has 0 heterocycles. The SMILES string of the molecule is CCCNC(=O)C(C)OC(=O)c1cc(Br)ccc1F. The fourth-order valence-electron chi connectivity index (χ4n) is 1.32. The van der Waals surface area contributed by atoms with Gasteiger partial charge in [0.25, 0.3) is 5.91 Å². The van der Waals surface area contributed by atoms with Crippen molar-refractivity contribution in [3.63, 3.8) is 0 Å². The number of carbonyl (C=O) groups excluding carboxylic acids is 2. The summed E-state index contributed by atoms with van der Waals surface area (Å²) in [5, 5.41) is 2.60. The smallest absolute Gasteiger partial charge is 0.341 e. The minimum Gasteiger partial charge on any atom is -0.449 e. The Morgan fingerprint density at radius 2 is 2.16 bits per heavy atom. The van der Waals surface area contributed by atoms with Gasteiger partial charge < -0.3 is 10.1 Å². The molecule has 1 aromatic carbocycles. The quantitative estimate of drug-likeness (QED) is 0.844. The lowest BCUT2D eigenvalue weighted by atomic mass is 10.2. The second kappa shape index (κ2) is 7.23. The van der Waals surface area contributed by atoms with Gasteiger partial charge in [0, 0.05) is 11.0 Å². The standard InChI is InChI=1S/C13H15BrFNO3/c1-3-6-16-12(17)8(2)19-13(18)10-7-9(14)4-5-11(10)15/h4-5,7-8H,3,6H2,1-2H3,(H,16,17). The molecule has 19 heavy (non-hydrogen) atoms. The van der Waals surface area contributed by atoms with Gasteiger partial charge in [0.1, 0.15) is 5.82 Å². The van der Waals surface area contributed by atoms with Crippen molar-refractivity contribution in [2.24, 2.45) is 0 Å². The number of benzene rings is 1. The van der Waals surface area contributed by atoms with Gasteiger partial charge >= 0.3 is 5.97 Å². The highest BCUT2D eigenvalue weighted by atomic mass is 79.9. The van der Waals surface area contributed by atoms with Gasteiger partial charge in [0.15, 0.2) is 6.10 Å². The van der Waals surface area contributed by atoms with Crippen molar-refractivity contribution in [3.8, 4) is 0 Å². The molecule has 0 saturated carbocycles. The van der Waals surface area contributed by atoms with E-state index >= 15 is 0 Å². The van der Waals surface area contributed by atoms with E-state index in [9.17, 15) is 14.0 Å². The zero-order chi connectivity index (χ0) is 14.4. The molecule has 1 unspecified atom stereocenters. The number of halogens is 2. The van der Waals surface area contributed by atoms with Crippen molar-refractivity contribution in [3.05, 3.63) is 34.1 Å². The largest absolute Gasteiger partial charge is 0.449 e. The number of ether oxygens (including phenoxy) is 1. The van der Waals surface area contributed by atoms with Crippen molar-refractivity contribution >= 4 is 27.8 Å². The van der Waals surface area contributed by atoms with Crippen LogP contribution < -0.4 is 5.32 Å². The average Bonchev–Trinajstić information content (AvgIpc) is 2.38. The monoisotopic (exact) mass is 331 g/mol. The van der Waals surface area contributed by atoms with Crippen LogP contribution in [0.25, 0.3) is 0 Å². The van der Waals surface area contributed by atoms with Crippen molar-refractivity contribution in [2.75, 3.05) is 6.54 Å². The normalized spacial score (nSPS) is 11.8. The molecule has 0 radical (unpaired) electrons. The average molecular weight is 332 g/mol. The van der Waals surface area contributed by atoms with Crippen molar-refractivity contribution in [1.82, 2.24) is 5.32 Å². The number of rotatable bonds is 5. The van der Waals surface area contributed by atoms with Crippen molar-refractivity contribution in [1.29, 1.82) is 0 Å².